The molecule has 0 spiro atoms. The number of likely N-dealkylation sites (N-methyl/N-ethyl adjacent to an activating group) is 2. The molecular weight excluding hydrogens is 452 g/mol. The fraction of sp³-hybridized carbons (Fsp3) is 0.407. The lowest BCUT2D eigenvalue weighted by Gasteiger charge is -2.36. The summed E-state index contributed by atoms with van der Waals surface area (Å²) < 4.78 is 8.18. The van der Waals surface area contributed by atoms with Gasteiger partial charge in [-0.2, -0.15) is 0 Å². The molecule has 2 aromatic heterocycles. The molecule has 0 aliphatic heterocycles. The third-order valence-electron chi connectivity index (χ3n) is 7.03. The van der Waals surface area contributed by atoms with Gasteiger partial charge in [-0.3, -0.25) is 0 Å². The Morgan fingerprint density at radius 2 is 1.89 bits per heavy atom. The number of ether oxygens (including phenoxy) is 1. The number of hydrogen-bond acceptors (Lipinski definition) is 8. The van der Waals surface area contributed by atoms with Crippen molar-refractivity contribution in [3.63, 3.8) is 0 Å². The van der Waals surface area contributed by atoms with Gasteiger partial charge >= 0.3 is 0 Å². The van der Waals surface area contributed by atoms with Crippen LogP contribution in [0.4, 0.5) is 0 Å². The van der Waals surface area contributed by atoms with Crippen LogP contribution in [0.3, 0.4) is 0 Å². The average Bonchev–Trinajstić information content (AvgIpc) is 3.62. The van der Waals surface area contributed by atoms with E-state index < -0.39 is 5.54 Å². The second kappa shape index (κ2) is 9.93. The van der Waals surface area contributed by atoms with Gasteiger partial charge in [0.2, 0.25) is 0 Å². The summed E-state index contributed by atoms with van der Waals surface area (Å²) in [4.78, 5) is 13.8. The van der Waals surface area contributed by atoms with Crippen molar-refractivity contribution in [1.82, 2.24) is 30.5 Å². The topological polar surface area (TPSA) is 133 Å². The number of para-hydroxylation sites is 1. The van der Waals surface area contributed by atoms with E-state index in [1.165, 1.54) is 23.7 Å². The summed E-state index contributed by atoms with van der Waals surface area (Å²) >= 11 is 0. The lowest BCUT2D eigenvalue weighted by atomic mass is 9.85. The summed E-state index contributed by atoms with van der Waals surface area (Å²) in [6.45, 7) is 1.75. The van der Waals surface area contributed by atoms with Gasteiger partial charge in [0, 0.05) is 73.2 Å². The summed E-state index contributed by atoms with van der Waals surface area (Å²) in [6, 6.07) is 11.0. The Bertz CT molecular complexity index is 1310. The van der Waals surface area contributed by atoms with Crippen LogP contribution >= 0.6 is 0 Å². The molecule has 9 heteroatoms. The highest BCUT2D eigenvalue weighted by Crippen LogP contribution is 2.42. The summed E-state index contributed by atoms with van der Waals surface area (Å²) in [5, 5.41) is 1.19. The molecule has 0 saturated heterocycles. The predicted octanol–water partition coefficient (Wildman–Crippen LogP) is 3.35. The number of nitrogens with two attached hydrogens (primary N) is 2. The minimum absolute atomic E-state index is 0. The predicted molar refractivity (Wildman–Crippen MR) is 144 cm³/mol. The number of methoxy groups -OCH3 is 1. The van der Waals surface area contributed by atoms with E-state index in [4.69, 9.17) is 21.2 Å². The normalized spacial score (nSPS) is 19.9. The number of aromatic nitrogens is 3. The van der Waals surface area contributed by atoms with Crippen LogP contribution in [0.5, 0.6) is 0 Å². The van der Waals surface area contributed by atoms with Crippen LogP contribution in [-0.2, 0) is 10.3 Å². The maximum absolute atomic E-state index is 6.97. The van der Waals surface area contributed by atoms with Gasteiger partial charge in [-0.05, 0) is 39.1 Å². The zero-order valence-electron chi connectivity index (χ0n) is 21.7. The number of hydrogen-bond donors (Lipinski definition) is 3. The first-order chi connectivity index (χ1) is 16.8. The average molecular weight is 491 g/mol. The molecule has 1 atom stereocenters. The van der Waals surface area contributed by atoms with Crippen molar-refractivity contribution >= 4 is 10.9 Å². The fourth-order valence-electron chi connectivity index (χ4n) is 4.87. The summed E-state index contributed by atoms with van der Waals surface area (Å²) in [7, 11) is 7.78. The first-order valence-corrected chi connectivity index (χ1v) is 12.1. The molecule has 2 aliphatic rings. The molecule has 0 amide bonds. The molecule has 36 heavy (non-hydrogen) atoms. The number of fused-ring (bicyclic) bond motifs is 1. The van der Waals surface area contributed by atoms with Crippen LogP contribution in [0, 0.1) is 0 Å². The largest absolute Gasteiger partial charge is 0.499 e. The van der Waals surface area contributed by atoms with Crippen molar-refractivity contribution in [2.75, 3.05) is 41.3 Å². The van der Waals surface area contributed by atoms with Crippen LogP contribution in [0.2, 0.25) is 0 Å². The van der Waals surface area contributed by atoms with Gasteiger partial charge in [0.15, 0.2) is 5.82 Å². The third-order valence-corrected chi connectivity index (χ3v) is 7.03. The van der Waals surface area contributed by atoms with Crippen molar-refractivity contribution in [2.24, 2.45) is 11.5 Å². The Balaban J connectivity index is 0.00000304. The molecule has 0 bridgehead atoms. The Labute approximate surface area is 213 Å². The van der Waals surface area contributed by atoms with Crippen molar-refractivity contribution in [3.05, 3.63) is 71.8 Å². The zero-order chi connectivity index (χ0) is 24.7. The van der Waals surface area contributed by atoms with Gasteiger partial charge in [-0.15, -0.1) is 0 Å². The lowest BCUT2D eigenvalue weighted by molar-refractivity contribution is 0.205. The maximum atomic E-state index is 6.97. The summed E-state index contributed by atoms with van der Waals surface area (Å²) in [5.41, 5.74) is 17.3. The first kappa shape index (κ1) is 25.7. The Morgan fingerprint density at radius 1 is 1.14 bits per heavy atom. The first-order valence-electron chi connectivity index (χ1n) is 12.1. The van der Waals surface area contributed by atoms with Gasteiger partial charge < -0.3 is 36.7 Å². The van der Waals surface area contributed by atoms with Crippen molar-refractivity contribution in [1.29, 1.82) is 0 Å². The highest BCUT2D eigenvalue weighted by molar-refractivity contribution is 5.95. The molecule has 3 aromatic rings. The zero-order valence-corrected chi connectivity index (χ0v) is 21.7. The van der Waals surface area contributed by atoms with Crippen LogP contribution in [0.15, 0.2) is 66.0 Å². The van der Waals surface area contributed by atoms with Gasteiger partial charge in [0.25, 0.3) is 0 Å². The smallest absolute Gasteiger partial charge is 0.156 e. The van der Waals surface area contributed by atoms with Gasteiger partial charge in [-0.25, -0.2) is 9.97 Å². The molecule has 2 heterocycles. The molecule has 0 radical (unpaired) electrons. The van der Waals surface area contributed by atoms with Gasteiger partial charge in [0.05, 0.1) is 18.5 Å². The SMILES string of the molecule is COC1=CC(N(C)CCN(C)C)=C(N)CC1(N)c1nccc(-c2cn(C3CC3)c3ccccc23)n1.N. The highest BCUT2D eigenvalue weighted by Gasteiger charge is 2.41. The monoisotopic (exact) mass is 490 g/mol. The van der Waals surface area contributed by atoms with E-state index in [-0.39, 0.29) is 6.15 Å². The van der Waals surface area contributed by atoms with Gasteiger partial charge in [-0.1, -0.05) is 18.2 Å². The number of allylic oxidation sites excluding steroid dienone is 1. The quantitative estimate of drug-likeness (QED) is 0.438. The molecule has 5 rings (SSSR count). The molecule has 1 unspecified atom stereocenters. The maximum Gasteiger partial charge on any atom is 0.156 e. The Morgan fingerprint density at radius 3 is 2.58 bits per heavy atom. The minimum Gasteiger partial charge on any atom is -0.499 e. The van der Waals surface area contributed by atoms with Gasteiger partial charge in [0.1, 0.15) is 11.3 Å². The van der Waals surface area contributed by atoms with E-state index in [0.29, 0.717) is 29.7 Å². The van der Waals surface area contributed by atoms with Crippen molar-refractivity contribution in [2.45, 2.75) is 30.8 Å². The standard InChI is InChI=1S/C27H35N7O.H3N/c1-32(2)13-14-33(3)24-15-25(35-4)27(29,16-21(24)28)26-30-12-11-22(31-26)20-17-34(18-9-10-18)23-8-6-5-7-19(20)23;/h5-8,11-12,15,17-18H,9-10,13-14,16,28-29H2,1-4H3;1H3. The summed E-state index contributed by atoms with van der Waals surface area (Å²) in [6.07, 6.45) is 8.75. The van der Waals surface area contributed by atoms with E-state index in [2.05, 4.69) is 63.9 Å². The molecular formula is C27H38N8O. The van der Waals surface area contributed by atoms with E-state index in [1.807, 2.05) is 19.2 Å². The molecule has 192 valence electrons. The van der Waals surface area contributed by atoms with Crippen LogP contribution in [0.1, 0.15) is 31.1 Å². The number of benzene rings is 1. The van der Waals surface area contributed by atoms with Crippen molar-refractivity contribution < 1.29 is 4.74 Å². The molecule has 1 saturated carbocycles. The minimum atomic E-state index is -1.05. The fourth-order valence-corrected chi connectivity index (χ4v) is 4.87. The highest BCUT2D eigenvalue weighted by atomic mass is 16.5. The summed E-state index contributed by atoms with van der Waals surface area (Å²) in [5.74, 6) is 1.11. The molecule has 1 fully saturated rings. The second-order valence-corrected chi connectivity index (χ2v) is 9.96. The van der Waals surface area contributed by atoms with E-state index in [0.717, 1.165) is 30.0 Å². The number of rotatable bonds is 8. The Kier molecular flexibility index (Phi) is 7.08. The second-order valence-electron chi connectivity index (χ2n) is 9.96. The van der Waals surface area contributed by atoms with E-state index in [1.54, 1.807) is 13.3 Å². The molecule has 7 N–H and O–H groups in total. The van der Waals surface area contributed by atoms with Crippen LogP contribution < -0.4 is 17.6 Å². The molecule has 9 nitrogen and oxygen atoms in total. The van der Waals surface area contributed by atoms with E-state index >= 15 is 0 Å². The number of nitrogens with zero attached hydrogens (tertiary/aromatic N) is 5. The lowest BCUT2D eigenvalue weighted by Crippen LogP contribution is -2.45. The van der Waals surface area contributed by atoms with Crippen molar-refractivity contribution in [3.8, 4) is 11.3 Å². The van der Waals surface area contributed by atoms with Crippen LogP contribution in [-0.4, -0.2) is 65.7 Å². The molecule has 1 aromatic carbocycles. The van der Waals surface area contributed by atoms with Crippen LogP contribution in [0.25, 0.3) is 22.2 Å². The third kappa shape index (κ3) is 4.57. The Hall–Kier alpha value is -3.40. The van der Waals surface area contributed by atoms with E-state index in [9.17, 15) is 0 Å². The molecule has 2 aliphatic carbocycles.